The first-order chi connectivity index (χ1) is 7.65. The molecule has 0 amide bonds. The van der Waals surface area contributed by atoms with Crippen LogP contribution in [0, 0.1) is 0 Å². The van der Waals surface area contributed by atoms with Crippen molar-refractivity contribution in [1.29, 1.82) is 0 Å². The van der Waals surface area contributed by atoms with Gasteiger partial charge in [-0.05, 0) is 43.5 Å². The van der Waals surface area contributed by atoms with Crippen molar-refractivity contribution in [2.75, 3.05) is 6.54 Å². The molecule has 1 aromatic rings. The number of piperidine rings is 1. The fourth-order valence-electron chi connectivity index (χ4n) is 2.21. The Kier molecular flexibility index (Phi) is 3.30. The largest absolute Gasteiger partial charge is 0.480 e. The maximum atomic E-state index is 11.5. The van der Waals surface area contributed by atoms with Crippen LogP contribution in [0.3, 0.4) is 0 Å². The second-order valence-corrected chi connectivity index (χ2v) is 5.02. The Morgan fingerprint density at radius 2 is 2.25 bits per heavy atom. The zero-order chi connectivity index (χ0) is 11.6. The van der Waals surface area contributed by atoms with Gasteiger partial charge in [0.25, 0.3) is 0 Å². The Hall–Kier alpha value is -0.870. The van der Waals surface area contributed by atoms with Gasteiger partial charge in [0.1, 0.15) is 5.54 Å². The van der Waals surface area contributed by atoms with Crippen LogP contribution >= 0.6 is 15.9 Å². The van der Waals surface area contributed by atoms with Gasteiger partial charge in [-0.3, -0.25) is 5.32 Å². The van der Waals surface area contributed by atoms with E-state index in [1.807, 2.05) is 24.3 Å². The average Bonchev–Trinajstić information content (AvgIpc) is 2.30. The molecule has 1 aliphatic rings. The molecule has 1 aliphatic heterocycles. The van der Waals surface area contributed by atoms with Crippen molar-refractivity contribution in [2.24, 2.45) is 0 Å². The summed E-state index contributed by atoms with van der Waals surface area (Å²) in [6, 6.07) is 7.53. The molecule has 2 rings (SSSR count). The third kappa shape index (κ3) is 1.99. The zero-order valence-corrected chi connectivity index (χ0v) is 10.5. The number of carboxylic acid groups (broad SMARTS) is 1. The van der Waals surface area contributed by atoms with Gasteiger partial charge in [0, 0.05) is 4.47 Å². The fourth-order valence-corrected chi connectivity index (χ4v) is 2.61. The minimum Gasteiger partial charge on any atom is -0.480 e. The molecule has 0 aliphatic carbocycles. The van der Waals surface area contributed by atoms with Crippen molar-refractivity contribution in [3.8, 4) is 0 Å². The summed E-state index contributed by atoms with van der Waals surface area (Å²) in [6.07, 6.45) is 2.65. The maximum absolute atomic E-state index is 11.5. The molecule has 2 N–H and O–H groups in total. The summed E-state index contributed by atoms with van der Waals surface area (Å²) in [6.45, 7) is 0.763. The lowest BCUT2D eigenvalue weighted by Crippen LogP contribution is -2.51. The minimum absolute atomic E-state index is 0.652. The van der Waals surface area contributed by atoms with E-state index in [2.05, 4.69) is 21.2 Å². The van der Waals surface area contributed by atoms with Gasteiger partial charge in [0.2, 0.25) is 0 Å². The summed E-state index contributed by atoms with van der Waals surface area (Å²) >= 11 is 3.38. The van der Waals surface area contributed by atoms with E-state index >= 15 is 0 Å². The van der Waals surface area contributed by atoms with E-state index in [-0.39, 0.29) is 0 Å². The van der Waals surface area contributed by atoms with Crippen molar-refractivity contribution in [3.05, 3.63) is 34.3 Å². The van der Waals surface area contributed by atoms with Crippen LogP contribution in [0.4, 0.5) is 0 Å². The number of carboxylic acids is 1. The second-order valence-electron chi connectivity index (χ2n) is 4.10. The third-order valence-electron chi connectivity index (χ3n) is 3.09. The van der Waals surface area contributed by atoms with Crippen molar-refractivity contribution in [2.45, 2.75) is 24.8 Å². The SMILES string of the molecule is O=C(O)C1(c2cccc(Br)c2)CCCCN1. The summed E-state index contributed by atoms with van der Waals surface area (Å²) < 4.78 is 0.915. The van der Waals surface area contributed by atoms with E-state index in [0.717, 1.165) is 29.4 Å². The normalized spacial score (nSPS) is 25.3. The molecule has 16 heavy (non-hydrogen) atoms. The van der Waals surface area contributed by atoms with Gasteiger partial charge >= 0.3 is 5.97 Å². The van der Waals surface area contributed by atoms with Crippen LogP contribution in [0.1, 0.15) is 24.8 Å². The summed E-state index contributed by atoms with van der Waals surface area (Å²) in [5.74, 6) is -0.787. The topological polar surface area (TPSA) is 49.3 Å². The standard InChI is InChI=1S/C12H14BrNO2/c13-10-5-3-4-9(8-10)12(11(15)16)6-1-2-7-14-12/h3-5,8,14H,1-2,6-7H2,(H,15,16). The third-order valence-corrected chi connectivity index (χ3v) is 3.58. The molecule has 3 nitrogen and oxygen atoms in total. The fraction of sp³-hybridized carbons (Fsp3) is 0.417. The molecule has 0 aromatic heterocycles. The van der Waals surface area contributed by atoms with Crippen molar-refractivity contribution < 1.29 is 9.90 Å². The molecule has 0 radical (unpaired) electrons. The number of rotatable bonds is 2. The van der Waals surface area contributed by atoms with Crippen molar-refractivity contribution in [1.82, 2.24) is 5.32 Å². The van der Waals surface area contributed by atoms with Crippen molar-refractivity contribution >= 4 is 21.9 Å². The Morgan fingerprint density at radius 3 is 2.81 bits per heavy atom. The molecule has 0 saturated carbocycles. The van der Waals surface area contributed by atoms with Crippen LogP contribution in [0.5, 0.6) is 0 Å². The molecule has 1 saturated heterocycles. The van der Waals surface area contributed by atoms with E-state index in [1.165, 1.54) is 0 Å². The summed E-state index contributed by atoms with van der Waals surface area (Å²) in [7, 11) is 0. The van der Waals surface area contributed by atoms with E-state index in [4.69, 9.17) is 0 Å². The number of carbonyl (C=O) groups is 1. The number of hydrogen-bond donors (Lipinski definition) is 2. The number of nitrogens with one attached hydrogen (secondary N) is 1. The highest BCUT2D eigenvalue weighted by atomic mass is 79.9. The first-order valence-corrected chi connectivity index (χ1v) is 6.19. The van der Waals surface area contributed by atoms with Gasteiger partial charge in [0.05, 0.1) is 0 Å². The Bertz CT molecular complexity index is 400. The van der Waals surface area contributed by atoms with Gasteiger partial charge < -0.3 is 5.11 Å². The molecule has 1 unspecified atom stereocenters. The molecule has 1 fully saturated rings. The predicted octanol–water partition coefficient (Wildman–Crippen LogP) is 2.50. The van der Waals surface area contributed by atoms with Gasteiger partial charge in [0.15, 0.2) is 0 Å². The number of hydrogen-bond acceptors (Lipinski definition) is 2. The zero-order valence-electron chi connectivity index (χ0n) is 8.87. The van der Waals surface area contributed by atoms with Gasteiger partial charge in [-0.1, -0.05) is 28.1 Å². The minimum atomic E-state index is -0.901. The molecule has 1 heterocycles. The molecule has 1 atom stereocenters. The van der Waals surface area contributed by atoms with Gasteiger partial charge in [-0.2, -0.15) is 0 Å². The van der Waals surface area contributed by atoms with Crippen LogP contribution in [-0.2, 0) is 10.3 Å². The summed E-state index contributed by atoms with van der Waals surface area (Å²) in [5, 5.41) is 12.6. The lowest BCUT2D eigenvalue weighted by molar-refractivity contribution is -0.146. The van der Waals surface area contributed by atoms with Crippen LogP contribution in [-0.4, -0.2) is 17.6 Å². The Morgan fingerprint density at radius 1 is 1.44 bits per heavy atom. The lowest BCUT2D eigenvalue weighted by Gasteiger charge is -2.35. The van der Waals surface area contributed by atoms with Gasteiger partial charge in [-0.15, -0.1) is 0 Å². The van der Waals surface area contributed by atoms with Crippen LogP contribution < -0.4 is 5.32 Å². The van der Waals surface area contributed by atoms with Gasteiger partial charge in [-0.25, -0.2) is 4.79 Å². The lowest BCUT2D eigenvalue weighted by atomic mass is 9.82. The molecule has 0 bridgehead atoms. The average molecular weight is 284 g/mol. The van der Waals surface area contributed by atoms with Crippen LogP contribution in [0.25, 0.3) is 0 Å². The van der Waals surface area contributed by atoms with Crippen LogP contribution in [0.15, 0.2) is 28.7 Å². The van der Waals surface area contributed by atoms with Crippen molar-refractivity contribution in [3.63, 3.8) is 0 Å². The highest BCUT2D eigenvalue weighted by Gasteiger charge is 2.41. The number of benzene rings is 1. The first-order valence-electron chi connectivity index (χ1n) is 5.40. The quantitative estimate of drug-likeness (QED) is 0.877. The molecule has 1 aromatic carbocycles. The van der Waals surface area contributed by atoms with E-state index < -0.39 is 11.5 Å². The first kappa shape index (κ1) is 11.6. The maximum Gasteiger partial charge on any atom is 0.328 e. The highest BCUT2D eigenvalue weighted by Crippen LogP contribution is 2.32. The monoisotopic (exact) mass is 283 g/mol. The van der Waals surface area contributed by atoms with E-state index in [0.29, 0.717) is 6.42 Å². The summed E-state index contributed by atoms with van der Waals surface area (Å²) in [5.41, 5.74) is -0.0729. The van der Waals surface area contributed by atoms with Crippen LogP contribution in [0.2, 0.25) is 0 Å². The Labute approximate surface area is 103 Å². The van der Waals surface area contributed by atoms with E-state index in [9.17, 15) is 9.90 Å². The summed E-state index contributed by atoms with van der Waals surface area (Å²) in [4.78, 5) is 11.5. The molecule has 86 valence electrons. The number of aliphatic carboxylic acids is 1. The molecular weight excluding hydrogens is 270 g/mol. The highest BCUT2D eigenvalue weighted by molar-refractivity contribution is 9.10. The second kappa shape index (κ2) is 4.55. The van der Waals surface area contributed by atoms with E-state index in [1.54, 1.807) is 0 Å². The Balaban J connectivity index is 2.42. The molecular formula is C12H14BrNO2. The number of halogens is 1. The molecule has 4 heteroatoms. The predicted molar refractivity (Wildman–Crippen MR) is 65.3 cm³/mol. The smallest absolute Gasteiger partial charge is 0.328 e. The molecule has 0 spiro atoms.